The van der Waals surface area contributed by atoms with E-state index >= 15 is 0 Å². The molecule has 5 rings (SSSR count). The Labute approximate surface area is 218 Å². The van der Waals surface area contributed by atoms with Crippen LogP contribution in [0, 0.1) is 17.7 Å². The van der Waals surface area contributed by atoms with Gasteiger partial charge in [-0.25, -0.2) is 4.39 Å². The van der Waals surface area contributed by atoms with Crippen LogP contribution in [0.2, 0.25) is 0 Å². The fraction of sp³-hybridized carbons (Fsp3) is 0.419. The van der Waals surface area contributed by atoms with E-state index in [2.05, 4.69) is 15.5 Å². The van der Waals surface area contributed by atoms with Crippen LogP contribution in [0.1, 0.15) is 77.1 Å². The minimum absolute atomic E-state index is 0.0407. The van der Waals surface area contributed by atoms with Crippen molar-refractivity contribution in [2.24, 2.45) is 17.6 Å². The first-order chi connectivity index (χ1) is 18.0. The summed E-state index contributed by atoms with van der Waals surface area (Å²) in [6.45, 7) is 2.96. The minimum Gasteiger partial charge on any atom is -0.366 e. The molecule has 2 N–H and O–H groups in total. The molecule has 1 aromatic heterocycles. The molecule has 2 aromatic carbocycles. The topological polar surface area (TPSA) is 68.3 Å². The van der Waals surface area contributed by atoms with Crippen molar-refractivity contribution >= 4 is 11.7 Å². The molecule has 1 saturated carbocycles. The Bertz CT molecular complexity index is 1210. The summed E-state index contributed by atoms with van der Waals surface area (Å²) >= 11 is 0. The normalized spacial score (nSPS) is 21.1. The summed E-state index contributed by atoms with van der Waals surface area (Å²) < 4.78 is 15.2. The van der Waals surface area contributed by atoms with Gasteiger partial charge in [-0.05, 0) is 137 Å². The van der Waals surface area contributed by atoms with E-state index in [4.69, 9.17) is 5.73 Å². The molecule has 0 unspecified atom stereocenters. The summed E-state index contributed by atoms with van der Waals surface area (Å²) in [6, 6.07) is 15.9. The van der Waals surface area contributed by atoms with Crippen LogP contribution in [0.25, 0.3) is 5.69 Å². The number of carbonyl (C=O) groups excluding carboxylic acids is 2. The molecule has 37 heavy (non-hydrogen) atoms. The Kier molecular flexibility index (Phi) is 7.85. The van der Waals surface area contributed by atoms with Crippen molar-refractivity contribution in [3.63, 3.8) is 0 Å². The zero-order chi connectivity index (χ0) is 25.8. The number of rotatable bonds is 8. The number of aromatic nitrogens is 1. The number of carbonyl (C=O) groups is 2. The number of benzene rings is 2. The summed E-state index contributed by atoms with van der Waals surface area (Å²) in [7, 11) is 0. The first-order valence-corrected chi connectivity index (χ1v) is 13.6. The average molecular weight is 502 g/mol. The standard InChI is InChI=1S/C31H36FN3O2/c32-26-9-7-24(8-10-26)30(36)25-14-19-34(20-15-25)18-13-22-3-5-23(6-4-22)29-21-27(35-16-1-2-17-35)11-12-28(29)31(33)37/h1-2,7-12,16-17,21-23,25H,3-6,13-15,18-20H2,(H2,33,37). The Balaban J connectivity index is 1.10. The van der Waals surface area contributed by atoms with Gasteiger partial charge in [0.2, 0.25) is 5.91 Å². The van der Waals surface area contributed by atoms with Crippen molar-refractivity contribution < 1.29 is 14.0 Å². The van der Waals surface area contributed by atoms with Gasteiger partial charge < -0.3 is 15.2 Å². The van der Waals surface area contributed by atoms with Gasteiger partial charge in [0.25, 0.3) is 0 Å². The highest BCUT2D eigenvalue weighted by atomic mass is 19.1. The highest BCUT2D eigenvalue weighted by molar-refractivity contribution is 5.98. The Morgan fingerprint density at radius 2 is 1.57 bits per heavy atom. The zero-order valence-electron chi connectivity index (χ0n) is 21.3. The quantitative estimate of drug-likeness (QED) is 0.387. The molecule has 2 fully saturated rings. The molecule has 3 aromatic rings. The van der Waals surface area contributed by atoms with Crippen molar-refractivity contribution in [2.45, 2.75) is 50.9 Å². The Morgan fingerprint density at radius 3 is 2.22 bits per heavy atom. The van der Waals surface area contributed by atoms with E-state index < -0.39 is 0 Å². The molecule has 6 heteroatoms. The summed E-state index contributed by atoms with van der Waals surface area (Å²) in [5.74, 6) is 0.590. The average Bonchev–Trinajstić information content (AvgIpc) is 3.47. The molecule has 1 amide bonds. The molecule has 2 heterocycles. The number of halogens is 1. The van der Waals surface area contributed by atoms with Crippen LogP contribution in [-0.4, -0.2) is 40.8 Å². The zero-order valence-corrected chi connectivity index (χ0v) is 21.3. The Morgan fingerprint density at radius 1 is 0.892 bits per heavy atom. The van der Waals surface area contributed by atoms with Gasteiger partial charge in [-0.15, -0.1) is 0 Å². The van der Waals surface area contributed by atoms with Crippen molar-refractivity contribution in [2.75, 3.05) is 19.6 Å². The number of hydrogen-bond acceptors (Lipinski definition) is 3. The van der Waals surface area contributed by atoms with Crippen LogP contribution >= 0.6 is 0 Å². The number of ketones is 1. The van der Waals surface area contributed by atoms with E-state index in [1.807, 2.05) is 36.7 Å². The second-order valence-corrected chi connectivity index (χ2v) is 10.7. The SMILES string of the molecule is NC(=O)c1ccc(-n2cccc2)cc1C1CCC(CCN2CCC(C(=O)c3ccc(F)cc3)CC2)CC1. The predicted octanol–water partition coefficient (Wildman–Crippen LogP) is 5.97. The van der Waals surface area contributed by atoms with Crippen LogP contribution in [0.3, 0.4) is 0 Å². The maximum atomic E-state index is 13.2. The van der Waals surface area contributed by atoms with Crippen molar-refractivity contribution in [3.8, 4) is 5.69 Å². The van der Waals surface area contributed by atoms with Crippen molar-refractivity contribution in [1.82, 2.24) is 9.47 Å². The van der Waals surface area contributed by atoms with Gasteiger partial charge in [0.15, 0.2) is 5.78 Å². The third-order valence-electron chi connectivity index (χ3n) is 8.43. The van der Waals surface area contributed by atoms with Gasteiger partial charge in [0.05, 0.1) is 0 Å². The molecule has 5 nitrogen and oxygen atoms in total. The van der Waals surface area contributed by atoms with Gasteiger partial charge in [-0.1, -0.05) is 0 Å². The number of likely N-dealkylation sites (tertiary alicyclic amines) is 1. The molecule has 1 aliphatic carbocycles. The van der Waals surface area contributed by atoms with E-state index in [1.54, 1.807) is 12.1 Å². The van der Waals surface area contributed by atoms with E-state index in [1.165, 1.54) is 18.6 Å². The van der Waals surface area contributed by atoms with Crippen molar-refractivity contribution in [3.05, 3.63) is 89.5 Å². The number of Topliss-reactive ketones (excluding diaryl/α,β-unsaturated/α-hetero) is 1. The predicted molar refractivity (Wildman–Crippen MR) is 143 cm³/mol. The first kappa shape index (κ1) is 25.4. The van der Waals surface area contributed by atoms with E-state index in [9.17, 15) is 14.0 Å². The molecule has 194 valence electrons. The summed E-state index contributed by atoms with van der Waals surface area (Å²) in [5, 5.41) is 0. The second kappa shape index (κ2) is 11.4. The van der Waals surface area contributed by atoms with Gasteiger partial charge in [0.1, 0.15) is 5.82 Å². The molecular formula is C31H36FN3O2. The summed E-state index contributed by atoms with van der Waals surface area (Å²) in [4.78, 5) is 27.4. The lowest BCUT2D eigenvalue weighted by Crippen LogP contribution is -2.37. The lowest BCUT2D eigenvalue weighted by atomic mass is 9.76. The molecule has 1 aliphatic heterocycles. The maximum absolute atomic E-state index is 13.2. The highest BCUT2D eigenvalue weighted by Gasteiger charge is 2.28. The van der Waals surface area contributed by atoms with Crippen LogP contribution in [-0.2, 0) is 0 Å². The Hall–Kier alpha value is -3.25. The lowest BCUT2D eigenvalue weighted by molar-refractivity contribution is 0.0832. The smallest absolute Gasteiger partial charge is 0.248 e. The van der Waals surface area contributed by atoms with Crippen LogP contribution < -0.4 is 5.73 Å². The molecule has 2 aliphatic rings. The highest BCUT2D eigenvalue weighted by Crippen LogP contribution is 2.39. The third-order valence-corrected chi connectivity index (χ3v) is 8.43. The number of nitrogens with zero attached hydrogens (tertiary/aromatic N) is 2. The van der Waals surface area contributed by atoms with E-state index in [0.29, 0.717) is 23.0 Å². The molecule has 0 bridgehead atoms. The second-order valence-electron chi connectivity index (χ2n) is 10.7. The minimum atomic E-state index is -0.350. The monoisotopic (exact) mass is 501 g/mol. The maximum Gasteiger partial charge on any atom is 0.248 e. The fourth-order valence-electron chi connectivity index (χ4n) is 6.18. The van der Waals surface area contributed by atoms with Gasteiger partial charge in [-0.3, -0.25) is 9.59 Å². The van der Waals surface area contributed by atoms with Crippen LogP contribution in [0.5, 0.6) is 0 Å². The van der Waals surface area contributed by atoms with Crippen LogP contribution in [0.4, 0.5) is 4.39 Å². The number of nitrogens with two attached hydrogens (primary N) is 1. The fourth-order valence-corrected chi connectivity index (χ4v) is 6.18. The number of primary amides is 1. The van der Waals surface area contributed by atoms with Gasteiger partial charge in [0, 0.05) is 35.1 Å². The molecule has 0 spiro atoms. The first-order valence-electron chi connectivity index (χ1n) is 13.6. The number of amides is 1. The van der Waals surface area contributed by atoms with Gasteiger partial charge >= 0.3 is 0 Å². The largest absolute Gasteiger partial charge is 0.366 e. The molecule has 0 atom stereocenters. The van der Waals surface area contributed by atoms with Gasteiger partial charge in [-0.2, -0.15) is 0 Å². The number of piperidine rings is 1. The van der Waals surface area contributed by atoms with E-state index in [-0.39, 0.29) is 23.4 Å². The van der Waals surface area contributed by atoms with E-state index in [0.717, 1.165) is 69.4 Å². The van der Waals surface area contributed by atoms with Crippen LogP contribution in [0.15, 0.2) is 67.0 Å². The summed E-state index contributed by atoms with van der Waals surface area (Å²) in [5.41, 5.74) is 9.15. The lowest BCUT2D eigenvalue weighted by Gasteiger charge is -2.34. The van der Waals surface area contributed by atoms with Crippen molar-refractivity contribution in [1.29, 1.82) is 0 Å². The molecule has 0 radical (unpaired) electrons. The molecule has 1 saturated heterocycles. The number of hydrogen-bond donors (Lipinski definition) is 1. The third kappa shape index (κ3) is 6.02. The summed E-state index contributed by atoms with van der Waals surface area (Å²) in [6.07, 6.45) is 11.4. The molecular weight excluding hydrogens is 465 g/mol.